The molecule has 114 valence electrons. The molecule has 0 nitrogen and oxygen atoms in total. The highest BCUT2D eigenvalue weighted by atomic mass is 14.3. The average Bonchev–Trinajstić information content (AvgIpc) is 2.49. The Balaban J connectivity index is 1.67. The third-order valence-corrected chi connectivity index (χ3v) is 5.52. The van der Waals surface area contributed by atoms with E-state index in [1.165, 1.54) is 64.2 Å². The van der Waals surface area contributed by atoms with Gasteiger partial charge >= 0.3 is 0 Å². The summed E-state index contributed by atoms with van der Waals surface area (Å²) in [5, 5.41) is 0. The number of hydrogen-bond donors (Lipinski definition) is 0. The molecule has 2 saturated carbocycles. The third-order valence-electron chi connectivity index (χ3n) is 5.52. The molecule has 0 spiro atoms. The minimum atomic E-state index is 0.870. The molecule has 20 heavy (non-hydrogen) atoms. The fourth-order valence-electron chi connectivity index (χ4n) is 4.19. The number of rotatable bonds is 5. The summed E-state index contributed by atoms with van der Waals surface area (Å²) >= 11 is 0. The van der Waals surface area contributed by atoms with Crippen LogP contribution in [0.4, 0.5) is 0 Å². The van der Waals surface area contributed by atoms with E-state index in [1.807, 2.05) is 0 Å². The van der Waals surface area contributed by atoms with Gasteiger partial charge in [0.25, 0.3) is 0 Å². The molecule has 0 aliphatic heterocycles. The SMILES string of the molecule is CC=CC1CCC(C=CC2CCC(CCC)CC2)CC1. The first kappa shape index (κ1) is 15.9. The van der Waals surface area contributed by atoms with Crippen molar-refractivity contribution in [1.82, 2.24) is 0 Å². The lowest BCUT2D eigenvalue weighted by molar-refractivity contribution is 0.292. The van der Waals surface area contributed by atoms with Gasteiger partial charge in [0.15, 0.2) is 0 Å². The van der Waals surface area contributed by atoms with Crippen LogP contribution in [0, 0.1) is 23.7 Å². The Bertz CT molecular complexity index is 296. The Labute approximate surface area is 126 Å². The van der Waals surface area contributed by atoms with E-state index in [2.05, 4.69) is 38.2 Å². The van der Waals surface area contributed by atoms with E-state index in [0.29, 0.717) is 0 Å². The fraction of sp³-hybridized carbons (Fsp3) is 0.800. The molecular weight excluding hydrogens is 240 g/mol. The van der Waals surface area contributed by atoms with Crippen molar-refractivity contribution in [1.29, 1.82) is 0 Å². The summed E-state index contributed by atoms with van der Waals surface area (Å²) in [5.74, 6) is 3.69. The molecule has 0 saturated heterocycles. The van der Waals surface area contributed by atoms with E-state index in [1.54, 1.807) is 0 Å². The van der Waals surface area contributed by atoms with Gasteiger partial charge in [0.05, 0.1) is 0 Å². The molecule has 2 fully saturated rings. The van der Waals surface area contributed by atoms with Gasteiger partial charge in [-0.15, -0.1) is 0 Å². The molecule has 0 radical (unpaired) electrons. The van der Waals surface area contributed by atoms with Crippen LogP contribution in [0.15, 0.2) is 24.3 Å². The lowest BCUT2D eigenvalue weighted by atomic mass is 9.78. The van der Waals surface area contributed by atoms with Crippen molar-refractivity contribution >= 4 is 0 Å². The molecule has 2 rings (SSSR count). The van der Waals surface area contributed by atoms with E-state index in [4.69, 9.17) is 0 Å². The predicted octanol–water partition coefficient (Wildman–Crippen LogP) is 6.53. The topological polar surface area (TPSA) is 0 Å². The molecule has 0 heteroatoms. The minimum Gasteiger partial charge on any atom is -0.0914 e. The molecule has 0 unspecified atom stereocenters. The smallest absolute Gasteiger partial charge is 0.0233 e. The highest BCUT2D eigenvalue weighted by molar-refractivity contribution is 4.98. The highest BCUT2D eigenvalue weighted by Gasteiger charge is 2.20. The van der Waals surface area contributed by atoms with Gasteiger partial charge in [-0.3, -0.25) is 0 Å². The molecule has 0 aromatic rings. The van der Waals surface area contributed by atoms with Crippen LogP contribution in [0.2, 0.25) is 0 Å². The molecule has 0 N–H and O–H groups in total. The first-order valence-electron chi connectivity index (χ1n) is 9.13. The van der Waals surface area contributed by atoms with Crippen molar-refractivity contribution in [2.75, 3.05) is 0 Å². The monoisotopic (exact) mass is 274 g/mol. The van der Waals surface area contributed by atoms with Crippen LogP contribution < -0.4 is 0 Å². The van der Waals surface area contributed by atoms with Crippen molar-refractivity contribution in [3.63, 3.8) is 0 Å². The third kappa shape index (κ3) is 5.11. The van der Waals surface area contributed by atoms with E-state index >= 15 is 0 Å². The second kappa shape index (κ2) is 8.70. The Morgan fingerprint density at radius 1 is 0.700 bits per heavy atom. The summed E-state index contributed by atoms with van der Waals surface area (Å²) in [6, 6.07) is 0. The Morgan fingerprint density at radius 3 is 1.60 bits per heavy atom. The zero-order chi connectivity index (χ0) is 14.2. The summed E-state index contributed by atoms with van der Waals surface area (Å²) in [7, 11) is 0. The van der Waals surface area contributed by atoms with Crippen LogP contribution in [-0.4, -0.2) is 0 Å². The average molecular weight is 274 g/mol. The van der Waals surface area contributed by atoms with Crippen LogP contribution in [0.25, 0.3) is 0 Å². The van der Waals surface area contributed by atoms with Gasteiger partial charge in [-0.2, -0.15) is 0 Å². The molecule has 0 heterocycles. The van der Waals surface area contributed by atoms with E-state index in [-0.39, 0.29) is 0 Å². The Hall–Kier alpha value is -0.520. The first-order valence-corrected chi connectivity index (χ1v) is 9.13. The lowest BCUT2D eigenvalue weighted by Crippen LogP contribution is -2.14. The lowest BCUT2D eigenvalue weighted by Gasteiger charge is -2.28. The molecule has 0 atom stereocenters. The number of allylic oxidation sites excluding steroid dienone is 4. The van der Waals surface area contributed by atoms with Gasteiger partial charge in [0, 0.05) is 0 Å². The van der Waals surface area contributed by atoms with Crippen LogP contribution in [-0.2, 0) is 0 Å². The highest BCUT2D eigenvalue weighted by Crippen LogP contribution is 2.34. The summed E-state index contributed by atoms with van der Waals surface area (Å²) < 4.78 is 0. The Morgan fingerprint density at radius 2 is 1.15 bits per heavy atom. The molecule has 0 aromatic heterocycles. The predicted molar refractivity (Wildman–Crippen MR) is 89.8 cm³/mol. The number of hydrogen-bond acceptors (Lipinski definition) is 0. The summed E-state index contributed by atoms with van der Waals surface area (Å²) in [5.41, 5.74) is 0. The van der Waals surface area contributed by atoms with E-state index in [0.717, 1.165) is 23.7 Å². The van der Waals surface area contributed by atoms with Crippen LogP contribution in [0.1, 0.15) is 78.1 Å². The summed E-state index contributed by atoms with van der Waals surface area (Å²) in [4.78, 5) is 0. The summed E-state index contributed by atoms with van der Waals surface area (Å²) in [6.45, 7) is 4.48. The summed E-state index contributed by atoms with van der Waals surface area (Å²) in [6.07, 6.45) is 24.2. The quantitative estimate of drug-likeness (QED) is 0.500. The van der Waals surface area contributed by atoms with Crippen molar-refractivity contribution in [2.45, 2.75) is 78.1 Å². The van der Waals surface area contributed by atoms with Gasteiger partial charge in [0.2, 0.25) is 0 Å². The molecule has 0 bridgehead atoms. The molecule has 0 amide bonds. The minimum absolute atomic E-state index is 0.870. The Kier molecular flexibility index (Phi) is 6.90. The normalized spacial score (nSPS) is 35.9. The second-order valence-electron chi connectivity index (χ2n) is 7.16. The second-order valence-corrected chi connectivity index (χ2v) is 7.16. The fourth-order valence-corrected chi connectivity index (χ4v) is 4.19. The molecular formula is C20H34. The molecule has 2 aliphatic rings. The van der Waals surface area contributed by atoms with Crippen molar-refractivity contribution in [3.05, 3.63) is 24.3 Å². The van der Waals surface area contributed by atoms with E-state index in [9.17, 15) is 0 Å². The van der Waals surface area contributed by atoms with Gasteiger partial charge < -0.3 is 0 Å². The van der Waals surface area contributed by atoms with E-state index < -0.39 is 0 Å². The largest absolute Gasteiger partial charge is 0.0914 e. The van der Waals surface area contributed by atoms with Gasteiger partial charge in [-0.05, 0) is 82.0 Å². The van der Waals surface area contributed by atoms with Crippen molar-refractivity contribution < 1.29 is 0 Å². The van der Waals surface area contributed by atoms with Gasteiger partial charge in [-0.1, -0.05) is 44.1 Å². The zero-order valence-corrected chi connectivity index (χ0v) is 13.7. The maximum Gasteiger partial charge on any atom is -0.0233 e. The molecule has 0 aromatic carbocycles. The van der Waals surface area contributed by atoms with Crippen LogP contribution >= 0.6 is 0 Å². The van der Waals surface area contributed by atoms with Crippen LogP contribution in [0.3, 0.4) is 0 Å². The zero-order valence-electron chi connectivity index (χ0n) is 13.7. The maximum atomic E-state index is 2.59. The maximum absolute atomic E-state index is 2.59. The first-order chi connectivity index (χ1) is 9.81. The van der Waals surface area contributed by atoms with Gasteiger partial charge in [0.1, 0.15) is 0 Å². The standard InChI is InChI=1S/C20H34/c1-3-5-17-7-11-19(12-8-17)15-16-20-13-9-18(6-4-2)10-14-20/h3,5,15-20H,4,6-14H2,1-2H3. The van der Waals surface area contributed by atoms with Crippen molar-refractivity contribution in [3.8, 4) is 0 Å². The van der Waals surface area contributed by atoms with Crippen molar-refractivity contribution in [2.24, 2.45) is 23.7 Å². The van der Waals surface area contributed by atoms with Gasteiger partial charge in [-0.25, -0.2) is 0 Å². The van der Waals surface area contributed by atoms with Crippen LogP contribution in [0.5, 0.6) is 0 Å². The molecule has 2 aliphatic carbocycles.